The van der Waals surface area contributed by atoms with Crippen molar-refractivity contribution in [2.75, 3.05) is 18.9 Å². The van der Waals surface area contributed by atoms with Gasteiger partial charge in [-0.05, 0) is 19.4 Å². The second-order valence-electron chi connectivity index (χ2n) is 4.26. The molecule has 120 valence electrons. The zero-order valence-electron chi connectivity index (χ0n) is 12.6. The van der Waals surface area contributed by atoms with Crippen molar-refractivity contribution in [2.24, 2.45) is 0 Å². The molecule has 0 radical (unpaired) electrons. The summed E-state index contributed by atoms with van der Waals surface area (Å²) in [6, 6.07) is 8.43. The number of esters is 1. The van der Waals surface area contributed by atoms with Gasteiger partial charge in [-0.15, -0.1) is 11.8 Å². The minimum Gasteiger partial charge on any atom is -0.465 e. The maximum Gasteiger partial charge on any atom is 0.321 e. The summed E-state index contributed by atoms with van der Waals surface area (Å²) in [5, 5.41) is 4.11. The Hall–Kier alpha value is -2.02. The van der Waals surface area contributed by atoms with Gasteiger partial charge in [-0.3, -0.25) is 14.9 Å². The maximum absolute atomic E-state index is 12.3. The van der Waals surface area contributed by atoms with Crippen molar-refractivity contribution < 1.29 is 19.1 Å². The zero-order chi connectivity index (χ0) is 16.4. The van der Waals surface area contributed by atoms with E-state index in [0.717, 1.165) is 17.3 Å². The molecule has 0 fully saturated rings. The number of thioether (sulfide) groups is 1. The van der Waals surface area contributed by atoms with Crippen LogP contribution in [0.15, 0.2) is 30.3 Å². The Bertz CT molecular complexity index is 508. The molecule has 0 saturated heterocycles. The van der Waals surface area contributed by atoms with Crippen molar-refractivity contribution in [1.82, 2.24) is 10.6 Å². The summed E-state index contributed by atoms with van der Waals surface area (Å²) in [5.74, 6) is -0.818. The lowest BCUT2D eigenvalue weighted by molar-refractivity contribution is -0.139. The van der Waals surface area contributed by atoms with Crippen LogP contribution < -0.4 is 10.6 Å². The number of hydrogen-bond acceptors (Lipinski definition) is 5. The SMILES string of the molecule is CCNC(=O)NC(=O)[C@@H](SCC(=O)OCC)c1ccccc1. The minimum atomic E-state index is -0.659. The van der Waals surface area contributed by atoms with Gasteiger partial charge in [-0.2, -0.15) is 0 Å². The van der Waals surface area contributed by atoms with Crippen molar-refractivity contribution in [3.05, 3.63) is 35.9 Å². The Kier molecular flexibility index (Phi) is 8.06. The highest BCUT2D eigenvalue weighted by Crippen LogP contribution is 2.29. The lowest BCUT2D eigenvalue weighted by Crippen LogP contribution is -2.41. The van der Waals surface area contributed by atoms with E-state index in [4.69, 9.17) is 4.74 Å². The highest BCUT2D eigenvalue weighted by Gasteiger charge is 2.24. The Morgan fingerprint density at radius 2 is 1.86 bits per heavy atom. The lowest BCUT2D eigenvalue weighted by Gasteiger charge is -2.16. The number of carbonyl (C=O) groups excluding carboxylic acids is 3. The van der Waals surface area contributed by atoms with Crippen LogP contribution in [0.1, 0.15) is 24.7 Å². The molecule has 3 amide bonds. The predicted molar refractivity (Wildman–Crippen MR) is 85.5 cm³/mol. The number of benzene rings is 1. The van der Waals surface area contributed by atoms with Crippen molar-refractivity contribution >= 4 is 29.7 Å². The molecule has 1 aromatic carbocycles. The van der Waals surface area contributed by atoms with Crippen molar-refractivity contribution in [3.8, 4) is 0 Å². The number of amides is 3. The molecule has 2 N–H and O–H groups in total. The molecule has 1 rings (SSSR count). The molecule has 0 aliphatic carbocycles. The van der Waals surface area contributed by atoms with E-state index in [0.29, 0.717) is 13.2 Å². The average Bonchev–Trinajstić information content (AvgIpc) is 2.49. The largest absolute Gasteiger partial charge is 0.465 e. The smallest absolute Gasteiger partial charge is 0.321 e. The third-order valence-corrected chi connectivity index (χ3v) is 3.81. The molecule has 1 aromatic rings. The van der Waals surface area contributed by atoms with E-state index in [1.807, 2.05) is 6.07 Å². The van der Waals surface area contributed by atoms with Gasteiger partial charge in [0, 0.05) is 6.54 Å². The Labute approximate surface area is 134 Å². The molecular weight excluding hydrogens is 304 g/mol. The molecule has 0 spiro atoms. The van der Waals surface area contributed by atoms with Gasteiger partial charge in [0.25, 0.3) is 0 Å². The highest BCUT2D eigenvalue weighted by atomic mass is 32.2. The Morgan fingerprint density at radius 3 is 2.45 bits per heavy atom. The molecule has 0 aliphatic rings. The van der Waals surface area contributed by atoms with Crippen LogP contribution in [-0.4, -0.2) is 36.8 Å². The van der Waals surface area contributed by atoms with E-state index in [1.54, 1.807) is 38.1 Å². The number of rotatable bonds is 7. The Morgan fingerprint density at radius 1 is 1.18 bits per heavy atom. The van der Waals surface area contributed by atoms with Crippen LogP contribution in [0.4, 0.5) is 4.79 Å². The van der Waals surface area contributed by atoms with E-state index < -0.39 is 17.2 Å². The predicted octanol–water partition coefficient (Wildman–Crippen LogP) is 1.87. The molecule has 6 nitrogen and oxygen atoms in total. The monoisotopic (exact) mass is 324 g/mol. The van der Waals surface area contributed by atoms with Crippen molar-refractivity contribution in [1.29, 1.82) is 0 Å². The van der Waals surface area contributed by atoms with Crippen molar-refractivity contribution in [3.63, 3.8) is 0 Å². The van der Waals surface area contributed by atoms with Gasteiger partial charge >= 0.3 is 12.0 Å². The second kappa shape index (κ2) is 9.83. The standard InChI is InChI=1S/C15H20N2O4S/c1-3-16-15(20)17-14(19)13(11-8-6-5-7-9-11)22-10-12(18)21-4-2/h5-9,13H,3-4,10H2,1-2H3,(H2,16,17,19,20)/t13-/m0/s1. The Balaban J connectivity index is 2.76. The average molecular weight is 324 g/mol. The number of hydrogen-bond donors (Lipinski definition) is 2. The molecule has 0 bridgehead atoms. The number of nitrogens with one attached hydrogen (secondary N) is 2. The van der Waals surface area contributed by atoms with Crippen LogP contribution >= 0.6 is 11.8 Å². The van der Waals surface area contributed by atoms with E-state index in [-0.39, 0.29) is 11.7 Å². The highest BCUT2D eigenvalue weighted by molar-refractivity contribution is 8.00. The summed E-state index contributed by atoms with van der Waals surface area (Å²) in [4.78, 5) is 35.2. The summed E-state index contributed by atoms with van der Waals surface area (Å²) < 4.78 is 4.86. The van der Waals surface area contributed by atoms with E-state index in [1.165, 1.54) is 0 Å². The topological polar surface area (TPSA) is 84.5 Å². The molecule has 0 heterocycles. The number of carbonyl (C=O) groups is 3. The van der Waals surface area contributed by atoms with E-state index in [9.17, 15) is 14.4 Å². The first-order chi connectivity index (χ1) is 10.6. The van der Waals surface area contributed by atoms with Crippen LogP contribution in [0, 0.1) is 0 Å². The van der Waals surface area contributed by atoms with E-state index in [2.05, 4.69) is 10.6 Å². The molecule has 0 aromatic heterocycles. The maximum atomic E-state index is 12.3. The third kappa shape index (κ3) is 6.17. The summed E-state index contributed by atoms with van der Waals surface area (Å²) in [7, 11) is 0. The molecular formula is C15H20N2O4S. The third-order valence-electron chi connectivity index (χ3n) is 2.59. The minimum absolute atomic E-state index is 0.0379. The van der Waals surface area contributed by atoms with Crippen LogP contribution in [0.2, 0.25) is 0 Å². The molecule has 0 saturated carbocycles. The van der Waals surface area contributed by atoms with Gasteiger partial charge in [-0.1, -0.05) is 30.3 Å². The molecule has 22 heavy (non-hydrogen) atoms. The van der Waals surface area contributed by atoms with Gasteiger partial charge in [0.2, 0.25) is 5.91 Å². The first kappa shape index (κ1) is 18.0. The van der Waals surface area contributed by atoms with Crippen LogP contribution in [0.5, 0.6) is 0 Å². The fraction of sp³-hybridized carbons (Fsp3) is 0.400. The first-order valence-electron chi connectivity index (χ1n) is 6.99. The van der Waals surface area contributed by atoms with Crippen LogP contribution in [0.3, 0.4) is 0 Å². The summed E-state index contributed by atoms with van der Waals surface area (Å²) >= 11 is 1.12. The molecule has 1 atom stereocenters. The summed E-state index contributed by atoms with van der Waals surface area (Å²) in [5.41, 5.74) is 0.721. The number of urea groups is 1. The summed E-state index contributed by atoms with van der Waals surface area (Å²) in [6.45, 7) is 4.19. The molecule has 0 unspecified atom stereocenters. The fourth-order valence-electron chi connectivity index (χ4n) is 1.69. The summed E-state index contributed by atoms with van der Waals surface area (Å²) in [6.07, 6.45) is 0. The fourth-order valence-corrected chi connectivity index (χ4v) is 2.63. The van der Waals surface area contributed by atoms with Crippen molar-refractivity contribution in [2.45, 2.75) is 19.1 Å². The lowest BCUT2D eigenvalue weighted by atomic mass is 10.1. The normalized spacial score (nSPS) is 11.4. The molecule has 0 aliphatic heterocycles. The zero-order valence-corrected chi connectivity index (χ0v) is 13.4. The van der Waals surface area contributed by atoms with Gasteiger partial charge in [0.15, 0.2) is 0 Å². The first-order valence-corrected chi connectivity index (χ1v) is 8.04. The number of ether oxygens (including phenoxy) is 1. The number of imide groups is 1. The van der Waals surface area contributed by atoms with E-state index >= 15 is 0 Å². The quantitative estimate of drug-likeness (QED) is 0.748. The van der Waals surface area contributed by atoms with Crippen LogP contribution in [-0.2, 0) is 14.3 Å². The second-order valence-corrected chi connectivity index (χ2v) is 5.35. The van der Waals surface area contributed by atoms with Gasteiger partial charge in [0.1, 0.15) is 5.25 Å². The van der Waals surface area contributed by atoms with Gasteiger partial charge < -0.3 is 10.1 Å². The van der Waals surface area contributed by atoms with Crippen LogP contribution in [0.25, 0.3) is 0 Å². The van der Waals surface area contributed by atoms with Gasteiger partial charge in [-0.25, -0.2) is 4.79 Å². The molecule has 7 heteroatoms. The van der Waals surface area contributed by atoms with Gasteiger partial charge in [0.05, 0.1) is 12.4 Å².